The summed E-state index contributed by atoms with van der Waals surface area (Å²) >= 11 is 0. The van der Waals surface area contributed by atoms with Gasteiger partial charge in [-0.2, -0.15) is 0 Å². The first kappa shape index (κ1) is 11.3. The number of hydrogen-bond donors (Lipinski definition) is 0. The molecule has 4 unspecified atom stereocenters. The van der Waals surface area contributed by atoms with Crippen LogP contribution in [0.25, 0.3) is 0 Å². The Hall–Kier alpha value is -1.19. The first-order chi connectivity index (χ1) is 7.37. The number of rotatable bonds is 2. The third kappa shape index (κ3) is 1.19. The standard InChI is InChI=1S/C12H17NO3/c1-5(2)8-9-6(3)11(15)10(7(4)14)13(9)12(8)16/h5-6,8-10H,1-4H3. The molecule has 4 atom stereocenters. The second kappa shape index (κ2) is 3.40. The van der Waals surface area contributed by atoms with Gasteiger partial charge in [-0.25, -0.2) is 0 Å². The Labute approximate surface area is 95.0 Å². The zero-order valence-electron chi connectivity index (χ0n) is 10.1. The van der Waals surface area contributed by atoms with E-state index in [-0.39, 0.29) is 41.3 Å². The number of Topliss-reactive ketones (excluding diaryl/α,β-unsaturated/α-hetero) is 2. The molecule has 0 aliphatic carbocycles. The number of β-lactam (4-membered cyclic amide) rings is 1. The normalized spacial score (nSPS) is 37.7. The average Bonchev–Trinajstić information content (AvgIpc) is 2.38. The molecular weight excluding hydrogens is 206 g/mol. The Morgan fingerprint density at radius 1 is 1.31 bits per heavy atom. The molecular formula is C12H17NO3. The van der Waals surface area contributed by atoms with Crippen molar-refractivity contribution in [1.29, 1.82) is 0 Å². The van der Waals surface area contributed by atoms with Gasteiger partial charge < -0.3 is 4.90 Å². The topological polar surface area (TPSA) is 54.5 Å². The molecule has 0 spiro atoms. The fourth-order valence-electron chi connectivity index (χ4n) is 3.04. The van der Waals surface area contributed by atoms with Crippen LogP contribution in [0.1, 0.15) is 27.7 Å². The molecule has 0 saturated carbocycles. The zero-order valence-corrected chi connectivity index (χ0v) is 10.1. The molecule has 2 fully saturated rings. The highest BCUT2D eigenvalue weighted by Gasteiger charge is 2.62. The minimum Gasteiger partial charge on any atom is -0.321 e. The van der Waals surface area contributed by atoms with Crippen LogP contribution in [0.15, 0.2) is 0 Å². The number of amides is 1. The van der Waals surface area contributed by atoms with Crippen LogP contribution in [0.2, 0.25) is 0 Å². The molecule has 0 aromatic carbocycles. The smallest absolute Gasteiger partial charge is 0.229 e. The van der Waals surface area contributed by atoms with Gasteiger partial charge in [-0.3, -0.25) is 14.4 Å². The summed E-state index contributed by atoms with van der Waals surface area (Å²) in [4.78, 5) is 36.7. The molecule has 0 radical (unpaired) electrons. The second-order valence-electron chi connectivity index (χ2n) is 5.21. The van der Waals surface area contributed by atoms with Gasteiger partial charge in [-0.1, -0.05) is 20.8 Å². The van der Waals surface area contributed by atoms with E-state index in [9.17, 15) is 14.4 Å². The van der Waals surface area contributed by atoms with Gasteiger partial charge in [0.15, 0.2) is 11.6 Å². The largest absolute Gasteiger partial charge is 0.321 e. The highest BCUT2D eigenvalue weighted by atomic mass is 16.2. The van der Waals surface area contributed by atoms with Gasteiger partial charge in [0.1, 0.15) is 6.04 Å². The Balaban J connectivity index is 2.32. The van der Waals surface area contributed by atoms with Crippen LogP contribution < -0.4 is 0 Å². The lowest BCUT2D eigenvalue weighted by molar-refractivity contribution is -0.163. The second-order valence-corrected chi connectivity index (χ2v) is 5.21. The summed E-state index contributed by atoms with van der Waals surface area (Å²) in [5.74, 6) is -0.376. The quantitative estimate of drug-likeness (QED) is 0.510. The van der Waals surface area contributed by atoms with E-state index in [1.807, 2.05) is 20.8 Å². The number of carbonyl (C=O) groups excluding carboxylic acids is 3. The van der Waals surface area contributed by atoms with Crippen LogP contribution >= 0.6 is 0 Å². The predicted molar refractivity (Wildman–Crippen MR) is 57.6 cm³/mol. The number of hydrogen-bond acceptors (Lipinski definition) is 3. The van der Waals surface area contributed by atoms with Crippen LogP contribution in [-0.2, 0) is 14.4 Å². The van der Waals surface area contributed by atoms with Crippen LogP contribution in [0.3, 0.4) is 0 Å². The van der Waals surface area contributed by atoms with E-state index in [0.717, 1.165) is 0 Å². The van der Waals surface area contributed by atoms with Crippen molar-refractivity contribution in [3.05, 3.63) is 0 Å². The molecule has 2 heterocycles. The van der Waals surface area contributed by atoms with Crippen LogP contribution in [0.5, 0.6) is 0 Å². The summed E-state index contributed by atoms with van der Waals surface area (Å²) in [6, 6.07) is -0.851. The molecule has 1 amide bonds. The van der Waals surface area contributed by atoms with Gasteiger partial charge in [0, 0.05) is 5.92 Å². The summed E-state index contributed by atoms with van der Waals surface area (Å²) in [6.45, 7) is 7.18. The molecule has 2 aliphatic heterocycles. The minimum atomic E-state index is -0.803. The highest BCUT2D eigenvalue weighted by Crippen LogP contribution is 2.44. The van der Waals surface area contributed by atoms with E-state index < -0.39 is 6.04 Å². The van der Waals surface area contributed by atoms with E-state index in [1.165, 1.54) is 11.8 Å². The predicted octanol–water partition coefficient (Wildman–Crippen LogP) is 0.646. The van der Waals surface area contributed by atoms with Crippen molar-refractivity contribution in [2.24, 2.45) is 17.8 Å². The summed E-state index contributed by atoms with van der Waals surface area (Å²) < 4.78 is 0. The summed E-state index contributed by atoms with van der Waals surface area (Å²) in [6.07, 6.45) is 0. The van der Waals surface area contributed by atoms with Crippen molar-refractivity contribution >= 4 is 17.5 Å². The van der Waals surface area contributed by atoms with E-state index in [4.69, 9.17) is 0 Å². The Kier molecular flexibility index (Phi) is 2.40. The molecule has 88 valence electrons. The van der Waals surface area contributed by atoms with Gasteiger partial charge in [-0.15, -0.1) is 0 Å². The molecule has 4 heteroatoms. The van der Waals surface area contributed by atoms with E-state index >= 15 is 0 Å². The third-order valence-electron chi connectivity index (χ3n) is 3.84. The Morgan fingerprint density at radius 3 is 2.31 bits per heavy atom. The Morgan fingerprint density at radius 2 is 1.88 bits per heavy atom. The van der Waals surface area contributed by atoms with E-state index in [2.05, 4.69) is 0 Å². The molecule has 0 N–H and O–H groups in total. The fourth-order valence-corrected chi connectivity index (χ4v) is 3.04. The first-order valence-corrected chi connectivity index (χ1v) is 5.74. The monoisotopic (exact) mass is 223 g/mol. The highest BCUT2D eigenvalue weighted by molar-refractivity contribution is 6.13. The maximum absolute atomic E-state index is 11.9. The maximum atomic E-state index is 11.9. The van der Waals surface area contributed by atoms with Gasteiger partial charge in [0.05, 0.1) is 12.0 Å². The molecule has 0 bridgehead atoms. The van der Waals surface area contributed by atoms with Crippen molar-refractivity contribution in [1.82, 2.24) is 4.90 Å². The SMILES string of the molecule is CC(=O)C1C(=O)C(C)C2C(C(C)C)C(=O)N12. The summed E-state index contributed by atoms with van der Waals surface area (Å²) in [5, 5.41) is 0. The number of carbonyl (C=O) groups is 3. The van der Waals surface area contributed by atoms with Crippen LogP contribution in [0, 0.1) is 17.8 Å². The van der Waals surface area contributed by atoms with Crippen molar-refractivity contribution in [2.45, 2.75) is 39.8 Å². The number of nitrogens with zero attached hydrogens (tertiary/aromatic N) is 1. The molecule has 2 rings (SSSR count). The molecule has 16 heavy (non-hydrogen) atoms. The van der Waals surface area contributed by atoms with Gasteiger partial charge in [0.2, 0.25) is 5.91 Å². The van der Waals surface area contributed by atoms with Crippen LogP contribution in [0.4, 0.5) is 0 Å². The molecule has 0 aromatic heterocycles. The molecule has 0 aromatic rings. The summed E-state index contributed by atoms with van der Waals surface area (Å²) in [5.41, 5.74) is 0. The van der Waals surface area contributed by atoms with Gasteiger partial charge in [0.25, 0.3) is 0 Å². The lowest BCUT2D eigenvalue weighted by atomic mass is 9.76. The lowest BCUT2D eigenvalue weighted by Gasteiger charge is -2.47. The van der Waals surface area contributed by atoms with Gasteiger partial charge >= 0.3 is 0 Å². The summed E-state index contributed by atoms with van der Waals surface area (Å²) in [7, 11) is 0. The third-order valence-corrected chi connectivity index (χ3v) is 3.84. The van der Waals surface area contributed by atoms with E-state index in [0.29, 0.717) is 0 Å². The molecule has 2 saturated heterocycles. The van der Waals surface area contributed by atoms with E-state index in [1.54, 1.807) is 0 Å². The fraction of sp³-hybridized carbons (Fsp3) is 0.750. The Bertz CT molecular complexity index is 374. The molecule has 2 aliphatic rings. The lowest BCUT2D eigenvalue weighted by Crippen LogP contribution is -2.64. The average molecular weight is 223 g/mol. The van der Waals surface area contributed by atoms with Crippen molar-refractivity contribution in [3.8, 4) is 0 Å². The minimum absolute atomic E-state index is 0.0297. The zero-order chi connectivity index (χ0) is 12.2. The number of fused-ring (bicyclic) bond motifs is 1. The number of ketones is 2. The van der Waals surface area contributed by atoms with Crippen molar-refractivity contribution in [2.75, 3.05) is 0 Å². The van der Waals surface area contributed by atoms with Crippen molar-refractivity contribution in [3.63, 3.8) is 0 Å². The molecule has 4 nitrogen and oxygen atoms in total. The van der Waals surface area contributed by atoms with Crippen molar-refractivity contribution < 1.29 is 14.4 Å². The van der Waals surface area contributed by atoms with Gasteiger partial charge in [-0.05, 0) is 12.8 Å². The van der Waals surface area contributed by atoms with Crippen LogP contribution in [-0.4, -0.2) is 34.5 Å². The maximum Gasteiger partial charge on any atom is 0.229 e. The first-order valence-electron chi connectivity index (χ1n) is 5.74.